The lowest BCUT2D eigenvalue weighted by Crippen LogP contribution is -2.19. The number of benzene rings is 1. The molecule has 1 aromatic heterocycles. The van der Waals surface area contributed by atoms with Gasteiger partial charge in [0.2, 0.25) is 0 Å². The number of hydrogen-bond acceptors (Lipinski definition) is 3. The second-order valence-electron chi connectivity index (χ2n) is 4.27. The van der Waals surface area contributed by atoms with Crippen LogP contribution < -0.4 is 5.43 Å². The highest BCUT2D eigenvalue weighted by atomic mass is 35.5. The molecule has 0 bridgehead atoms. The van der Waals surface area contributed by atoms with Crippen LogP contribution in [0.25, 0.3) is 0 Å². The molecule has 5 heteroatoms. The van der Waals surface area contributed by atoms with E-state index < -0.39 is 0 Å². The molecule has 0 spiro atoms. The van der Waals surface area contributed by atoms with Gasteiger partial charge < -0.3 is 4.42 Å². The number of amides is 1. The van der Waals surface area contributed by atoms with Crippen molar-refractivity contribution >= 4 is 23.2 Å². The van der Waals surface area contributed by atoms with Crippen LogP contribution in [0.1, 0.15) is 35.2 Å². The van der Waals surface area contributed by atoms with Gasteiger partial charge >= 0.3 is 5.91 Å². The number of hydrazone groups is 1. The van der Waals surface area contributed by atoms with E-state index in [4.69, 9.17) is 16.0 Å². The van der Waals surface area contributed by atoms with Crippen molar-refractivity contribution in [3.8, 4) is 0 Å². The molecule has 0 aliphatic rings. The van der Waals surface area contributed by atoms with E-state index in [2.05, 4.69) is 10.5 Å². The molecule has 0 unspecified atom stereocenters. The van der Waals surface area contributed by atoms with Gasteiger partial charge in [0.15, 0.2) is 5.76 Å². The number of nitrogens with zero attached hydrogens (tertiary/aromatic N) is 1. The van der Waals surface area contributed by atoms with Crippen LogP contribution in [0, 0.1) is 6.92 Å². The number of nitrogens with one attached hydrogen (secondary N) is 1. The first-order valence-corrected chi connectivity index (χ1v) is 6.67. The van der Waals surface area contributed by atoms with Crippen molar-refractivity contribution in [2.75, 3.05) is 0 Å². The van der Waals surface area contributed by atoms with Crippen LogP contribution in [0.4, 0.5) is 0 Å². The molecule has 1 N–H and O–H groups in total. The van der Waals surface area contributed by atoms with Gasteiger partial charge in [-0.15, -0.1) is 0 Å². The predicted molar refractivity (Wildman–Crippen MR) is 79.2 cm³/mol. The van der Waals surface area contributed by atoms with Gasteiger partial charge in [0.1, 0.15) is 5.76 Å². The molecule has 0 aliphatic carbocycles. The first-order chi connectivity index (χ1) is 9.60. The summed E-state index contributed by atoms with van der Waals surface area (Å²) in [5, 5.41) is 4.81. The lowest BCUT2D eigenvalue weighted by Gasteiger charge is -2.04. The molecule has 104 valence electrons. The lowest BCUT2D eigenvalue weighted by atomic mass is 10.1. The standard InChI is InChI=1S/C15H15ClN2O2/c1-3-13(11-5-7-12(16)8-6-11)17-18-15(19)14-9-4-10(2)20-14/h4-9H,3H2,1-2H3,(H,18,19). The Kier molecular flexibility index (Phi) is 4.58. The maximum absolute atomic E-state index is 11.8. The lowest BCUT2D eigenvalue weighted by molar-refractivity contribution is 0.0926. The van der Waals surface area contributed by atoms with Gasteiger partial charge in [-0.3, -0.25) is 4.79 Å². The number of furan rings is 1. The van der Waals surface area contributed by atoms with Crippen LogP contribution in [-0.2, 0) is 0 Å². The largest absolute Gasteiger partial charge is 0.456 e. The molecule has 2 rings (SSSR count). The molecule has 1 amide bonds. The fraction of sp³-hybridized carbons (Fsp3) is 0.200. The van der Waals surface area contributed by atoms with Gasteiger partial charge in [-0.1, -0.05) is 30.7 Å². The molecule has 0 saturated heterocycles. The number of hydrogen-bond donors (Lipinski definition) is 1. The summed E-state index contributed by atoms with van der Waals surface area (Å²) in [5.41, 5.74) is 4.20. The summed E-state index contributed by atoms with van der Waals surface area (Å²) in [6.07, 6.45) is 0.694. The Morgan fingerprint density at radius 3 is 2.50 bits per heavy atom. The van der Waals surface area contributed by atoms with Crippen molar-refractivity contribution in [3.63, 3.8) is 0 Å². The Morgan fingerprint density at radius 2 is 1.95 bits per heavy atom. The summed E-state index contributed by atoms with van der Waals surface area (Å²) in [6, 6.07) is 10.7. The predicted octanol–water partition coefficient (Wildman–Crippen LogP) is 3.79. The molecule has 4 nitrogen and oxygen atoms in total. The van der Waals surface area contributed by atoms with Crippen LogP contribution in [0.15, 0.2) is 45.9 Å². The minimum atomic E-state index is -0.363. The molecule has 0 aliphatic heterocycles. The average Bonchev–Trinajstić information content (AvgIpc) is 2.88. The van der Waals surface area contributed by atoms with E-state index in [-0.39, 0.29) is 11.7 Å². The van der Waals surface area contributed by atoms with E-state index >= 15 is 0 Å². The van der Waals surface area contributed by atoms with Gasteiger partial charge in [-0.05, 0) is 43.2 Å². The quantitative estimate of drug-likeness (QED) is 0.688. The van der Waals surface area contributed by atoms with E-state index in [0.717, 1.165) is 11.3 Å². The van der Waals surface area contributed by atoms with Gasteiger partial charge in [-0.2, -0.15) is 5.10 Å². The number of carbonyl (C=O) groups is 1. The molecular formula is C15H15ClN2O2. The first-order valence-electron chi connectivity index (χ1n) is 6.29. The van der Waals surface area contributed by atoms with Crippen molar-refractivity contribution in [2.24, 2.45) is 5.10 Å². The highest BCUT2D eigenvalue weighted by molar-refractivity contribution is 6.30. The summed E-state index contributed by atoms with van der Waals surface area (Å²) in [5.74, 6) is 0.573. The zero-order valence-electron chi connectivity index (χ0n) is 11.3. The Balaban J connectivity index is 2.11. The summed E-state index contributed by atoms with van der Waals surface area (Å²) in [7, 11) is 0. The normalized spacial score (nSPS) is 11.4. The zero-order chi connectivity index (χ0) is 14.5. The SMILES string of the molecule is CCC(=NNC(=O)c1ccc(C)o1)c1ccc(Cl)cc1. The first kappa shape index (κ1) is 14.3. The van der Waals surface area contributed by atoms with Gasteiger partial charge in [-0.25, -0.2) is 5.43 Å². The van der Waals surface area contributed by atoms with Crippen molar-refractivity contribution in [2.45, 2.75) is 20.3 Å². The second kappa shape index (κ2) is 6.39. The number of rotatable bonds is 4. The van der Waals surface area contributed by atoms with Crippen LogP contribution >= 0.6 is 11.6 Å². The Hall–Kier alpha value is -2.07. The fourth-order valence-corrected chi connectivity index (χ4v) is 1.85. The van der Waals surface area contributed by atoms with Crippen LogP contribution in [-0.4, -0.2) is 11.6 Å². The van der Waals surface area contributed by atoms with Crippen molar-refractivity contribution in [1.82, 2.24) is 5.43 Å². The summed E-state index contributed by atoms with van der Waals surface area (Å²) in [6.45, 7) is 3.75. The molecule has 0 fully saturated rings. The molecule has 0 atom stereocenters. The van der Waals surface area contributed by atoms with E-state index in [9.17, 15) is 4.79 Å². The molecule has 1 aromatic carbocycles. The van der Waals surface area contributed by atoms with Crippen molar-refractivity contribution in [3.05, 3.63) is 58.5 Å². The topological polar surface area (TPSA) is 54.6 Å². The Bertz CT molecular complexity index is 630. The van der Waals surface area contributed by atoms with E-state index in [0.29, 0.717) is 17.2 Å². The van der Waals surface area contributed by atoms with E-state index in [1.165, 1.54) is 0 Å². The number of aryl methyl sites for hydroxylation is 1. The van der Waals surface area contributed by atoms with Crippen molar-refractivity contribution < 1.29 is 9.21 Å². The summed E-state index contributed by atoms with van der Waals surface area (Å²) >= 11 is 5.85. The third-order valence-electron chi connectivity index (χ3n) is 2.77. The van der Waals surface area contributed by atoms with Crippen LogP contribution in [0.3, 0.4) is 0 Å². The van der Waals surface area contributed by atoms with E-state index in [1.807, 2.05) is 19.1 Å². The van der Waals surface area contributed by atoms with Gasteiger partial charge in [0.05, 0.1) is 5.71 Å². The zero-order valence-corrected chi connectivity index (χ0v) is 12.1. The summed E-state index contributed by atoms with van der Waals surface area (Å²) < 4.78 is 5.23. The highest BCUT2D eigenvalue weighted by Gasteiger charge is 2.09. The molecule has 0 radical (unpaired) electrons. The van der Waals surface area contributed by atoms with Crippen LogP contribution in [0.2, 0.25) is 5.02 Å². The maximum atomic E-state index is 11.8. The third-order valence-corrected chi connectivity index (χ3v) is 3.02. The summed E-state index contributed by atoms with van der Waals surface area (Å²) in [4.78, 5) is 11.8. The Labute approximate surface area is 122 Å². The minimum Gasteiger partial charge on any atom is -0.456 e. The molecule has 20 heavy (non-hydrogen) atoms. The number of halogens is 1. The van der Waals surface area contributed by atoms with Crippen LogP contribution in [0.5, 0.6) is 0 Å². The second-order valence-corrected chi connectivity index (χ2v) is 4.71. The van der Waals surface area contributed by atoms with E-state index in [1.54, 1.807) is 31.2 Å². The fourth-order valence-electron chi connectivity index (χ4n) is 1.72. The molecular weight excluding hydrogens is 276 g/mol. The Morgan fingerprint density at radius 1 is 1.25 bits per heavy atom. The third kappa shape index (κ3) is 3.48. The minimum absolute atomic E-state index is 0.248. The highest BCUT2D eigenvalue weighted by Crippen LogP contribution is 2.12. The van der Waals surface area contributed by atoms with Crippen molar-refractivity contribution in [1.29, 1.82) is 0 Å². The molecule has 2 aromatic rings. The smallest absolute Gasteiger partial charge is 0.307 e. The number of carbonyl (C=O) groups excluding carboxylic acids is 1. The maximum Gasteiger partial charge on any atom is 0.307 e. The molecule has 0 saturated carbocycles. The van der Waals surface area contributed by atoms with Gasteiger partial charge in [0.25, 0.3) is 0 Å². The monoisotopic (exact) mass is 290 g/mol. The van der Waals surface area contributed by atoms with Gasteiger partial charge in [0, 0.05) is 5.02 Å². The average molecular weight is 291 g/mol. The molecule has 1 heterocycles.